The van der Waals surface area contributed by atoms with E-state index in [0.717, 1.165) is 5.56 Å². The van der Waals surface area contributed by atoms with Gasteiger partial charge in [-0.25, -0.2) is 4.79 Å². The first kappa shape index (κ1) is 10.6. The van der Waals surface area contributed by atoms with Crippen LogP contribution in [0.2, 0.25) is 5.02 Å². The standard InChI is InChI=1S/C11H9ClO2/c1-3-4-8-5-6-9(10(12)7-8)11(13)14-2/h1,5-7H,4H2,2H3. The SMILES string of the molecule is C#CCc1ccc(C(=O)OC)c(Cl)c1. The monoisotopic (exact) mass is 208 g/mol. The minimum absolute atomic E-state index is 0.356. The van der Waals surface area contributed by atoms with Crippen molar-refractivity contribution in [3.8, 4) is 12.3 Å². The molecule has 0 saturated heterocycles. The average Bonchev–Trinajstić information content (AvgIpc) is 2.17. The zero-order valence-corrected chi connectivity index (χ0v) is 8.47. The summed E-state index contributed by atoms with van der Waals surface area (Å²) in [5.74, 6) is 2.06. The highest BCUT2D eigenvalue weighted by Gasteiger charge is 2.10. The smallest absolute Gasteiger partial charge is 0.339 e. The van der Waals surface area contributed by atoms with Gasteiger partial charge in [-0.15, -0.1) is 12.3 Å². The highest BCUT2D eigenvalue weighted by molar-refractivity contribution is 6.33. The van der Waals surface area contributed by atoms with E-state index in [1.165, 1.54) is 7.11 Å². The Bertz CT molecular complexity index is 391. The van der Waals surface area contributed by atoms with Gasteiger partial charge >= 0.3 is 5.97 Å². The van der Waals surface area contributed by atoms with E-state index in [2.05, 4.69) is 10.7 Å². The molecule has 0 bridgehead atoms. The molecular formula is C11H9ClO2. The van der Waals surface area contributed by atoms with Gasteiger partial charge in [-0.3, -0.25) is 0 Å². The van der Waals surface area contributed by atoms with Crippen molar-refractivity contribution in [1.29, 1.82) is 0 Å². The van der Waals surface area contributed by atoms with Crippen molar-refractivity contribution >= 4 is 17.6 Å². The number of benzene rings is 1. The summed E-state index contributed by atoms with van der Waals surface area (Å²) in [4.78, 5) is 11.2. The maximum atomic E-state index is 11.2. The lowest BCUT2D eigenvalue weighted by molar-refractivity contribution is 0.0601. The number of hydrogen-bond donors (Lipinski definition) is 0. The number of carbonyl (C=O) groups is 1. The first-order valence-electron chi connectivity index (χ1n) is 3.99. The number of halogens is 1. The van der Waals surface area contributed by atoms with Gasteiger partial charge < -0.3 is 4.74 Å². The number of rotatable bonds is 2. The molecule has 0 spiro atoms. The maximum absolute atomic E-state index is 11.2. The van der Waals surface area contributed by atoms with Gasteiger partial charge in [0, 0.05) is 6.42 Å². The van der Waals surface area contributed by atoms with E-state index in [4.69, 9.17) is 18.0 Å². The highest BCUT2D eigenvalue weighted by Crippen LogP contribution is 2.18. The summed E-state index contributed by atoms with van der Waals surface area (Å²) in [6, 6.07) is 5.05. The van der Waals surface area contributed by atoms with Gasteiger partial charge in [-0.1, -0.05) is 17.7 Å². The second-order valence-corrected chi connectivity index (χ2v) is 3.09. The summed E-state index contributed by atoms with van der Waals surface area (Å²) in [7, 11) is 1.31. The third-order valence-electron chi connectivity index (χ3n) is 1.74. The van der Waals surface area contributed by atoms with Gasteiger partial charge in [0.15, 0.2) is 0 Å². The minimum atomic E-state index is -0.442. The molecule has 0 unspecified atom stereocenters. The van der Waals surface area contributed by atoms with Crippen LogP contribution in [0.25, 0.3) is 0 Å². The summed E-state index contributed by atoms with van der Waals surface area (Å²) in [6.07, 6.45) is 5.65. The van der Waals surface area contributed by atoms with Gasteiger partial charge in [0.05, 0.1) is 17.7 Å². The van der Waals surface area contributed by atoms with Crippen molar-refractivity contribution < 1.29 is 9.53 Å². The Balaban J connectivity index is 3.02. The van der Waals surface area contributed by atoms with Gasteiger partial charge in [-0.2, -0.15) is 0 Å². The summed E-state index contributed by atoms with van der Waals surface area (Å²) >= 11 is 5.87. The quantitative estimate of drug-likeness (QED) is 0.551. The summed E-state index contributed by atoms with van der Waals surface area (Å²) in [5.41, 5.74) is 1.26. The normalized spacial score (nSPS) is 9.21. The molecule has 1 rings (SSSR count). The Labute approximate surface area is 87.8 Å². The number of hydrogen-bond acceptors (Lipinski definition) is 2. The van der Waals surface area contributed by atoms with Crippen LogP contribution in [0, 0.1) is 12.3 Å². The van der Waals surface area contributed by atoms with Crippen molar-refractivity contribution in [2.45, 2.75) is 6.42 Å². The van der Waals surface area contributed by atoms with E-state index < -0.39 is 5.97 Å². The third-order valence-corrected chi connectivity index (χ3v) is 2.06. The number of ether oxygens (including phenoxy) is 1. The second-order valence-electron chi connectivity index (χ2n) is 2.69. The summed E-state index contributed by atoms with van der Waals surface area (Å²) < 4.78 is 4.55. The molecule has 72 valence electrons. The molecule has 0 fully saturated rings. The molecule has 0 amide bonds. The molecule has 0 N–H and O–H groups in total. The fourth-order valence-electron chi connectivity index (χ4n) is 1.06. The zero-order valence-electron chi connectivity index (χ0n) is 7.71. The van der Waals surface area contributed by atoms with Gasteiger partial charge in [0.2, 0.25) is 0 Å². The molecule has 0 aromatic heterocycles. The van der Waals surface area contributed by atoms with Crippen molar-refractivity contribution in [2.75, 3.05) is 7.11 Å². The number of methoxy groups -OCH3 is 1. The first-order chi connectivity index (χ1) is 6.69. The highest BCUT2D eigenvalue weighted by atomic mass is 35.5. The Morgan fingerprint density at radius 1 is 1.64 bits per heavy atom. The van der Waals surface area contributed by atoms with Crippen LogP contribution in [-0.2, 0) is 11.2 Å². The predicted octanol–water partition coefficient (Wildman–Crippen LogP) is 2.30. The average molecular weight is 209 g/mol. The van der Waals surface area contributed by atoms with Gasteiger partial charge in [0.1, 0.15) is 0 Å². The van der Waals surface area contributed by atoms with Crippen LogP contribution in [0.5, 0.6) is 0 Å². The molecule has 0 radical (unpaired) electrons. The number of carbonyl (C=O) groups excluding carboxylic acids is 1. The molecule has 0 aliphatic carbocycles. The number of terminal acetylenes is 1. The molecule has 14 heavy (non-hydrogen) atoms. The third kappa shape index (κ3) is 2.27. The molecule has 0 saturated carbocycles. The second kappa shape index (κ2) is 4.69. The van der Waals surface area contributed by atoms with E-state index in [9.17, 15) is 4.79 Å². The molecule has 2 nitrogen and oxygen atoms in total. The van der Waals surface area contributed by atoms with Crippen LogP contribution in [-0.4, -0.2) is 13.1 Å². The molecular weight excluding hydrogens is 200 g/mol. The van der Waals surface area contributed by atoms with Crippen molar-refractivity contribution in [3.63, 3.8) is 0 Å². The topological polar surface area (TPSA) is 26.3 Å². The van der Waals surface area contributed by atoms with Crippen LogP contribution < -0.4 is 0 Å². The van der Waals surface area contributed by atoms with E-state index >= 15 is 0 Å². The Hall–Kier alpha value is -1.46. The van der Waals surface area contributed by atoms with Crippen molar-refractivity contribution in [2.24, 2.45) is 0 Å². The van der Waals surface area contributed by atoms with Crippen LogP contribution in [0.1, 0.15) is 15.9 Å². The van der Waals surface area contributed by atoms with Crippen LogP contribution in [0.15, 0.2) is 18.2 Å². The Kier molecular flexibility index (Phi) is 3.55. The largest absolute Gasteiger partial charge is 0.465 e. The molecule has 0 atom stereocenters. The van der Waals surface area contributed by atoms with Crippen molar-refractivity contribution in [1.82, 2.24) is 0 Å². The van der Waals surface area contributed by atoms with Gasteiger partial charge in [-0.05, 0) is 17.7 Å². The first-order valence-corrected chi connectivity index (χ1v) is 4.37. The summed E-state index contributed by atoms with van der Waals surface area (Å²) in [5, 5.41) is 0.365. The predicted molar refractivity (Wildman–Crippen MR) is 55.3 cm³/mol. The van der Waals surface area contributed by atoms with Gasteiger partial charge in [0.25, 0.3) is 0 Å². The minimum Gasteiger partial charge on any atom is -0.465 e. The molecule has 3 heteroatoms. The lowest BCUT2D eigenvalue weighted by Crippen LogP contribution is -2.02. The van der Waals surface area contributed by atoms with E-state index in [-0.39, 0.29) is 0 Å². The molecule has 0 aliphatic rings. The van der Waals surface area contributed by atoms with Crippen LogP contribution >= 0.6 is 11.6 Å². The summed E-state index contributed by atoms with van der Waals surface area (Å²) in [6.45, 7) is 0. The lowest BCUT2D eigenvalue weighted by Gasteiger charge is -2.03. The fraction of sp³-hybridized carbons (Fsp3) is 0.182. The zero-order chi connectivity index (χ0) is 10.6. The molecule has 1 aromatic rings. The lowest BCUT2D eigenvalue weighted by atomic mass is 10.1. The van der Waals surface area contributed by atoms with Crippen LogP contribution in [0.3, 0.4) is 0 Å². The number of esters is 1. The van der Waals surface area contributed by atoms with Crippen molar-refractivity contribution in [3.05, 3.63) is 34.3 Å². The maximum Gasteiger partial charge on any atom is 0.339 e. The van der Waals surface area contributed by atoms with E-state index in [1.54, 1.807) is 18.2 Å². The molecule has 0 heterocycles. The fourth-order valence-corrected chi connectivity index (χ4v) is 1.34. The van der Waals surface area contributed by atoms with E-state index in [1.807, 2.05) is 0 Å². The Morgan fingerprint density at radius 3 is 2.86 bits per heavy atom. The van der Waals surface area contributed by atoms with E-state index in [0.29, 0.717) is 17.0 Å². The van der Waals surface area contributed by atoms with Crippen LogP contribution in [0.4, 0.5) is 0 Å². The molecule has 1 aromatic carbocycles. The molecule has 0 aliphatic heterocycles. The Morgan fingerprint density at radius 2 is 2.36 bits per heavy atom.